The van der Waals surface area contributed by atoms with Crippen LogP contribution < -0.4 is 15.4 Å². The van der Waals surface area contributed by atoms with Crippen LogP contribution in [0.2, 0.25) is 0 Å². The van der Waals surface area contributed by atoms with Crippen LogP contribution in [-0.4, -0.2) is 40.9 Å². The van der Waals surface area contributed by atoms with E-state index in [1.165, 1.54) is 5.56 Å². The third-order valence-electron chi connectivity index (χ3n) is 4.87. The van der Waals surface area contributed by atoms with Crippen LogP contribution in [0.4, 0.5) is 11.8 Å². The number of aromatic nitrogens is 2. The number of hydrogen-bond donors (Lipinski definition) is 3. The first kappa shape index (κ1) is 18.5. The molecule has 0 unspecified atom stereocenters. The third kappa shape index (κ3) is 5.08. The highest BCUT2D eigenvalue weighted by Gasteiger charge is 2.20. The average molecular weight is 356 g/mol. The van der Waals surface area contributed by atoms with Crippen LogP contribution in [0, 0.1) is 6.92 Å². The van der Waals surface area contributed by atoms with Gasteiger partial charge in [-0.15, -0.1) is 0 Å². The summed E-state index contributed by atoms with van der Waals surface area (Å²) in [4.78, 5) is 9.03. The van der Waals surface area contributed by atoms with Gasteiger partial charge in [0, 0.05) is 24.3 Å². The molecule has 1 heterocycles. The normalized spacial score (nSPS) is 19.8. The summed E-state index contributed by atoms with van der Waals surface area (Å²) in [5, 5.41) is 16.4. The maximum Gasteiger partial charge on any atom is 0.224 e. The summed E-state index contributed by atoms with van der Waals surface area (Å²) < 4.78 is 5.19. The number of aliphatic hydroxyl groups excluding tert-OH is 1. The molecule has 2 aromatic rings. The zero-order valence-corrected chi connectivity index (χ0v) is 15.5. The fraction of sp³-hybridized carbons (Fsp3) is 0.500. The van der Waals surface area contributed by atoms with Crippen LogP contribution in [-0.2, 0) is 6.42 Å². The van der Waals surface area contributed by atoms with Crippen molar-refractivity contribution in [3.05, 3.63) is 41.6 Å². The second-order valence-electron chi connectivity index (χ2n) is 6.90. The minimum atomic E-state index is -0.151. The van der Waals surface area contributed by atoms with Crippen molar-refractivity contribution < 1.29 is 9.84 Å². The van der Waals surface area contributed by atoms with Crippen molar-refractivity contribution in [2.45, 2.75) is 51.2 Å². The predicted octanol–water partition coefficient (Wildman–Crippen LogP) is 3.16. The van der Waals surface area contributed by atoms with E-state index in [2.05, 4.69) is 32.7 Å². The number of methoxy groups -OCH3 is 1. The Morgan fingerprint density at radius 1 is 1.15 bits per heavy atom. The number of ether oxygens (including phenoxy) is 1. The van der Waals surface area contributed by atoms with E-state index >= 15 is 0 Å². The summed E-state index contributed by atoms with van der Waals surface area (Å²) in [6.07, 6.45) is 6.21. The van der Waals surface area contributed by atoms with E-state index in [4.69, 9.17) is 4.74 Å². The Morgan fingerprint density at radius 2 is 1.88 bits per heavy atom. The topological polar surface area (TPSA) is 79.3 Å². The van der Waals surface area contributed by atoms with Crippen molar-refractivity contribution >= 4 is 11.8 Å². The van der Waals surface area contributed by atoms with E-state index in [9.17, 15) is 5.11 Å². The monoisotopic (exact) mass is 356 g/mol. The van der Waals surface area contributed by atoms with Gasteiger partial charge in [-0.05, 0) is 56.7 Å². The van der Waals surface area contributed by atoms with E-state index in [0.717, 1.165) is 55.8 Å². The summed E-state index contributed by atoms with van der Waals surface area (Å²) in [5.41, 5.74) is 2.29. The van der Waals surface area contributed by atoms with Gasteiger partial charge in [-0.3, -0.25) is 0 Å². The molecule has 3 rings (SSSR count). The van der Waals surface area contributed by atoms with E-state index in [-0.39, 0.29) is 6.10 Å². The molecular formula is C20H28N4O2. The maximum absolute atomic E-state index is 9.62. The van der Waals surface area contributed by atoms with Crippen molar-refractivity contribution in [1.82, 2.24) is 9.97 Å². The SMILES string of the molecule is COc1ccc(CCNc2nc(NC3CCC(O)CC3)ncc2C)cc1. The number of hydrogen-bond acceptors (Lipinski definition) is 6. The smallest absolute Gasteiger partial charge is 0.224 e. The molecule has 140 valence electrons. The number of benzene rings is 1. The van der Waals surface area contributed by atoms with Crippen molar-refractivity contribution in [3.8, 4) is 5.75 Å². The number of nitrogens with one attached hydrogen (secondary N) is 2. The predicted molar refractivity (Wildman–Crippen MR) is 104 cm³/mol. The second kappa shape index (κ2) is 8.85. The van der Waals surface area contributed by atoms with Gasteiger partial charge in [0.1, 0.15) is 11.6 Å². The fourth-order valence-electron chi connectivity index (χ4n) is 3.21. The Labute approximate surface area is 155 Å². The quantitative estimate of drug-likeness (QED) is 0.707. The Balaban J connectivity index is 1.53. The molecule has 0 spiro atoms. The van der Waals surface area contributed by atoms with Crippen LogP contribution in [0.25, 0.3) is 0 Å². The standard InChI is InChI=1S/C20H28N4O2/c1-14-13-22-20(23-16-5-7-17(25)8-6-16)24-19(14)21-12-11-15-3-9-18(26-2)10-4-15/h3-4,9-10,13,16-17,25H,5-8,11-12H2,1-2H3,(H2,21,22,23,24). The largest absolute Gasteiger partial charge is 0.497 e. The van der Waals surface area contributed by atoms with E-state index < -0.39 is 0 Å². The zero-order chi connectivity index (χ0) is 18.4. The van der Waals surface area contributed by atoms with Gasteiger partial charge in [0.2, 0.25) is 5.95 Å². The van der Waals surface area contributed by atoms with Gasteiger partial charge in [0.25, 0.3) is 0 Å². The molecule has 6 heteroatoms. The van der Waals surface area contributed by atoms with Crippen LogP contribution in [0.1, 0.15) is 36.8 Å². The Morgan fingerprint density at radius 3 is 2.58 bits per heavy atom. The molecule has 3 N–H and O–H groups in total. The van der Waals surface area contributed by atoms with Gasteiger partial charge in [-0.2, -0.15) is 4.98 Å². The third-order valence-corrected chi connectivity index (χ3v) is 4.87. The summed E-state index contributed by atoms with van der Waals surface area (Å²) >= 11 is 0. The minimum absolute atomic E-state index is 0.151. The lowest BCUT2D eigenvalue weighted by Gasteiger charge is -2.26. The van der Waals surface area contributed by atoms with Gasteiger partial charge >= 0.3 is 0 Å². The first-order valence-electron chi connectivity index (χ1n) is 9.29. The van der Waals surface area contributed by atoms with Gasteiger partial charge in [-0.25, -0.2) is 4.98 Å². The molecule has 0 amide bonds. The molecule has 1 aromatic carbocycles. The van der Waals surface area contributed by atoms with Gasteiger partial charge in [0.15, 0.2) is 0 Å². The first-order chi connectivity index (χ1) is 12.6. The van der Waals surface area contributed by atoms with Gasteiger partial charge in [-0.1, -0.05) is 12.1 Å². The fourth-order valence-corrected chi connectivity index (χ4v) is 3.21. The van der Waals surface area contributed by atoms with Crippen molar-refractivity contribution in [3.63, 3.8) is 0 Å². The molecule has 1 aromatic heterocycles. The number of anilines is 2. The molecule has 1 aliphatic carbocycles. The lowest BCUT2D eigenvalue weighted by molar-refractivity contribution is 0.126. The first-order valence-corrected chi connectivity index (χ1v) is 9.29. The van der Waals surface area contributed by atoms with E-state index in [0.29, 0.717) is 12.0 Å². The Bertz CT molecular complexity index is 697. The van der Waals surface area contributed by atoms with Gasteiger partial charge in [0.05, 0.1) is 13.2 Å². The van der Waals surface area contributed by atoms with Crippen molar-refractivity contribution in [2.75, 3.05) is 24.3 Å². The summed E-state index contributed by atoms with van der Waals surface area (Å²) in [7, 11) is 1.68. The van der Waals surface area contributed by atoms with Gasteiger partial charge < -0.3 is 20.5 Å². The Hall–Kier alpha value is -2.34. The highest BCUT2D eigenvalue weighted by Crippen LogP contribution is 2.22. The number of aliphatic hydroxyl groups is 1. The highest BCUT2D eigenvalue weighted by molar-refractivity contribution is 5.46. The number of rotatable bonds is 7. The zero-order valence-electron chi connectivity index (χ0n) is 15.5. The molecule has 0 radical (unpaired) electrons. The maximum atomic E-state index is 9.62. The molecular weight excluding hydrogens is 328 g/mol. The summed E-state index contributed by atoms with van der Waals surface area (Å²) in [6, 6.07) is 8.46. The number of nitrogens with zero attached hydrogens (tertiary/aromatic N) is 2. The molecule has 0 bridgehead atoms. The van der Waals surface area contributed by atoms with Crippen LogP contribution in [0.3, 0.4) is 0 Å². The highest BCUT2D eigenvalue weighted by atomic mass is 16.5. The van der Waals surface area contributed by atoms with Crippen molar-refractivity contribution in [1.29, 1.82) is 0 Å². The minimum Gasteiger partial charge on any atom is -0.497 e. The molecule has 0 aliphatic heterocycles. The number of aryl methyl sites for hydroxylation is 1. The van der Waals surface area contributed by atoms with Crippen LogP contribution >= 0.6 is 0 Å². The van der Waals surface area contributed by atoms with E-state index in [1.807, 2.05) is 25.3 Å². The molecule has 0 saturated heterocycles. The Kier molecular flexibility index (Phi) is 6.28. The lowest BCUT2D eigenvalue weighted by atomic mass is 9.93. The molecule has 1 aliphatic rings. The molecule has 1 fully saturated rings. The molecule has 6 nitrogen and oxygen atoms in total. The van der Waals surface area contributed by atoms with Crippen molar-refractivity contribution in [2.24, 2.45) is 0 Å². The van der Waals surface area contributed by atoms with Crippen LogP contribution in [0.15, 0.2) is 30.5 Å². The second-order valence-corrected chi connectivity index (χ2v) is 6.90. The molecule has 0 atom stereocenters. The van der Waals surface area contributed by atoms with E-state index in [1.54, 1.807) is 7.11 Å². The summed E-state index contributed by atoms with van der Waals surface area (Å²) in [5.74, 6) is 2.40. The molecule has 1 saturated carbocycles. The molecule has 26 heavy (non-hydrogen) atoms. The lowest BCUT2D eigenvalue weighted by Crippen LogP contribution is -2.29. The summed E-state index contributed by atoms with van der Waals surface area (Å²) in [6.45, 7) is 2.82. The average Bonchev–Trinajstić information content (AvgIpc) is 2.66. The van der Waals surface area contributed by atoms with Crippen LogP contribution in [0.5, 0.6) is 5.75 Å².